The first-order valence-electron chi connectivity index (χ1n) is 8.56. The second kappa shape index (κ2) is 8.45. The van der Waals surface area contributed by atoms with Gasteiger partial charge in [-0.05, 0) is 13.1 Å². The van der Waals surface area contributed by atoms with E-state index in [1.165, 1.54) is 13.4 Å². The van der Waals surface area contributed by atoms with Crippen molar-refractivity contribution >= 4 is 11.6 Å². The van der Waals surface area contributed by atoms with E-state index in [9.17, 15) is 9.59 Å². The third kappa shape index (κ3) is 4.50. The first-order chi connectivity index (χ1) is 13.1. The Bertz CT molecular complexity index is 889. The van der Waals surface area contributed by atoms with E-state index >= 15 is 0 Å². The van der Waals surface area contributed by atoms with Crippen molar-refractivity contribution in [2.45, 2.75) is 6.04 Å². The maximum Gasteiger partial charge on any atom is 0.271 e. The van der Waals surface area contributed by atoms with Gasteiger partial charge < -0.3 is 25.3 Å². The molecule has 2 aromatic heterocycles. The highest BCUT2D eigenvalue weighted by Crippen LogP contribution is 2.21. The molecule has 1 aliphatic rings. The van der Waals surface area contributed by atoms with Crippen molar-refractivity contribution < 1.29 is 9.53 Å². The van der Waals surface area contributed by atoms with Crippen molar-refractivity contribution in [1.29, 1.82) is 0 Å². The molecule has 2 aromatic rings. The molecule has 1 aliphatic heterocycles. The zero-order valence-electron chi connectivity index (χ0n) is 15.2. The number of likely N-dealkylation sites (N-methyl/N-ethyl adjacent to an activating group) is 1. The van der Waals surface area contributed by atoms with Crippen LogP contribution < -0.4 is 20.9 Å². The molecule has 9 heteroatoms. The standard InChI is InChI=1S/C18H22N6O3/c1-19-5-3-4-17(25)24-9-13(10-24)23-15-6-12(8-20-18(15)26)14-7-16(27-2)22-11-21-14/h3-4,6-8,11,13,19,23H,5,9-10H2,1-2H3,(H,20,26)/b4-3+. The number of pyridine rings is 1. The summed E-state index contributed by atoms with van der Waals surface area (Å²) in [6.07, 6.45) is 6.34. The Hall–Kier alpha value is -3.20. The third-order valence-corrected chi connectivity index (χ3v) is 4.19. The van der Waals surface area contributed by atoms with Crippen molar-refractivity contribution in [2.75, 3.05) is 39.1 Å². The number of likely N-dealkylation sites (tertiary alicyclic amines) is 1. The minimum atomic E-state index is -0.224. The number of H-pyrrole nitrogens is 1. The number of methoxy groups -OCH3 is 1. The number of nitrogens with zero attached hydrogens (tertiary/aromatic N) is 3. The molecular weight excluding hydrogens is 348 g/mol. The van der Waals surface area contributed by atoms with Gasteiger partial charge in [-0.15, -0.1) is 0 Å². The highest BCUT2D eigenvalue weighted by atomic mass is 16.5. The van der Waals surface area contributed by atoms with Crippen LogP contribution in [-0.4, -0.2) is 65.6 Å². The number of aromatic amines is 1. The van der Waals surface area contributed by atoms with Crippen molar-refractivity contribution in [3.05, 3.63) is 47.2 Å². The van der Waals surface area contributed by atoms with Crippen LogP contribution in [0, 0.1) is 0 Å². The molecule has 3 heterocycles. The number of hydrogen-bond donors (Lipinski definition) is 3. The van der Waals surface area contributed by atoms with Crippen LogP contribution in [0.4, 0.5) is 5.69 Å². The van der Waals surface area contributed by atoms with E-state index in [-0.39, 0.29) is 17.5 Å². The van der Waals surface area contributed by atoms with Crippen LogP contribution in [0.1, 0.15) is 0 Å². The summed E-state index contributed by atoms with van der Waals surface area (Å²) in [6.45, 7) is 1.75. The minimum Gasteiger partial charge on any atom is -0.481 e. The number of ether oxygens (including phenoxy) is 1. The summed E-state index contributed by atoms with van der Waals surface area (Å²) < 4.78 is 5.11. The van der Waals surface area contributed by atoms with E-state index in [0.717, 1.165) is 5.56 Å². The molecule has 0 aromatic carbocycles. The Labute approximate surface area is 156 Å². The lowest BCUT2D eigenvalue weighted by atomic mass is 10.1. The summed E-state index contributed by atoms with van der Waals surface area (Å²) in [6, 6.07) is 3.46. The van der Waals surface area contributed by atoms with Crippen LogP contribution in [0.3, 0.4) is 0 Å². The molecule has 1 fully saturated rings. The quantitative estimate of drug-likeness (QED) is 0.599. The number of carbonyl (C=O) groups excluding carboxylic acids is 1. The Balaban J connectivity index is 1.65. The van der Waals surface area contributed by atoms with Gasteiger partial charge in [0, 0.05) is 43.5 Å². The van der Waals surface area contributed by atoms with Gasteiger partial charge in [0.25, 0.3) is 5.56 Å². The number of nitrogens with one attached hydrogen (secondary N) is 3. The van der Waals surface area contributed by atoms with Gasteiger partial charge in [-0.25, -0.2) is 9.97 Å². The second-order valence-corrected chi connectivity index (χ2v) is 6.12. The maximum atomic E-state index is 12.1. The molecule has 3 rings (SSSR count). The molecule has 1 amide bonds. The van der Waals surface area contributed by atoms with E-state index in [0.29, 0.717) is 36.9 Å². The van der Waals surface area contributed by atoms with Crippen LogP contribution in [0.5, 0.6) is 5.88 Å². The number of hydrogen-bond acceptors (Lipinski definition) is 7. The average molecular weight is 370 g/mol. The monoisotopic (exact) mass is 370 g/mol. The smallest absolute Gasteiger partial charge is 0.271 e. The summed E-state index contributed by atoms with van der Waals surface area (Å²) in [5, 5.41) is 6.14. The summed E-state index contributed by atoms with van der Waals surface area (Å²) in [5.74, 6) is 0.416. The van der Waals surface area contributed by atoms with Gasteiger partial charge in [0.15, 0.2) is 0 Å². The van der Waals surface area contributed by atoms with Gasteiger partial charge >= 0.3 is 0 Å². The van der Waals surface area contributed by atoms with Crippen LogP contribution in [0.15, 0.2) is 41.6 Å². The molecule has 0 unspecified atom stereocenters. The molecular formula is C18H22N6O3. The van der Waals surface area contributed by atoms with Crippen LogP contribution in [0.25, 0.3) is 11.3 Å². The van der Waals surface area contributed by atoms with Gasteiger partial charge in [0.05, 0.1) is 18.8 Å². The Morgan fingerprint density at radius 3 is 2.96 bits per heavy atom. The van der Waals surface area contributed by atoms with E-state index in [1.54, 1.807) is 35.4 Å². The second-order valence-electron chi connectivity index (χ2n) is 6.12. The SMILES string of the molecule is CNC/C=C/C(=O)N1CC(Nc2cc(-c3cc(OC)ncn3)c[nH]c2=O)C1. The predicted molar refractivity (Wildman–Crippen MR) is 102 cm³/mol. The van der Waals surface area contributed by atoms with Crippen molar-refractivity contribution in [2.24, 2.45) is 0 Å². The predicted octanol–water partition coefficient (Wildman–Crippen LogP) is 0.239. The van der Waals surface area contributed by atoms with Gasteiger partial charge in [0.1, 0.15) is 12.0 Å². The summed E-state index contributed by atoms with van der Waals surface area (Å²) in [5.41, 5.74) is 1.59. The lowest BCUT2D eigenvalue weighted by molar-refractivity contribution is -0.129. The zero-order valence-corrected chi connectivity index (χ0v) is 15.2. The van der Waals surface area contributed by atoms with Gasteiger partial charge in [0.2, 0.25) is 11.8 Å². The Morgan fingerprint density at radius 2 is 2.22 bits per heavy atom. The fraction of sp³-hybridized carbons (Fsp3) is 0.333. The highest BCUT2D eigenvalue weighted by molar-refractivity contribution is 5.88. The molecule has 0 aliphatic carbocycles. The molecule has 0 radical (unpaired) electrons. The van der Waals surface area contributed by atoms with Crippen molar-refractivity contribution in [1.82, 2.24) is 25.2 Å². The lowest BCUT2D eigenvalue weighted by Crippen LogP contribution is -2.57. The summed E-state index contributed by atoms with van der Waals surface area (Å²) >= 11 is 0. The van der Waals surface area contributed by atoms with Gasteiger partial charge in [-0.1, -0.05) is 6.08 Å². The first-order valence-corrected chi connectivity index (χ1v) is 8.56. The van der Waals surface area contributed by atoms with E-state index < -0.39 is 0 Å². The normalized spacial score (nSPS) is 14.2. The van der Waals surface area contributed by atoms with Crippen LogP contribution >= 0.6 is 0 Å². The lowest BCUT2D eigenvalue weighted by Gasteiger charge is -2.39. The zero-order chi connectivity index (χ0) is 19.2. The highest BCUT2D eigenvalue weighted by Gasteiger charge is 2.29. The van der Waals surface area contributed by atoms with Crippen LogP contribution in [0.2, 0.25) is 0 Å². The van der Waals surface area contributed by atoms with E-state index in [2.05, 4.69) is 25.6 Å². The Kier molecular flexibility index (Phi) is 5.82. The molecule has 142 valence electrons. The van der Waals surface area contributed by atoms with Gasteiger partial charge in [-0.3, -0.25) is 9.59 Å². The summed E-state index contributed by atoms with van der Waals surface area (Å²) in [4.78, 5) is 36.7. The molecule has 0 bridgehead atoms. The van der Waals surface area contributed by atoms with E-state index in [1.807, 2.05) is 7.05 Å². The molecule has 1 saturated heterocycles. The average Bonchev–Trinajstić information content (AvgIpc) is 2.65. The maximum absolute atomic E-state index is 12.1. The molecule has 0 saturated carbocycles. The molecule has 0 spiro atoms. The van der Waals surface area contributed by atoms with E-state index in [4.69, 9.17) is 4.74 Å². The largest absolute Gasteiger partial charge is 0.481 e. The molecule has 9 nitrogen and oxygen atoms in total. The minimum absolute atomic E-state index is 0.0287. The first kappa shape index (κ1) is 18.6. The molecule has 0 atom stereocenters. The van der Waals surface area contributed by atoms with Crippen molar-refractivity contribution in [3.63, 3.8) is 0 Å². The third-order valence-electron chi connectivity index (χ3n) is 4.19. The Morgan fingerprint density at radius 1 is 1.41 bits per heavy atom. The fourth-order valence-electron chi connectivity index (χ4n) is 2.70. The molecule has 3 N–H and O–H groups in total. The number of anilines is 1. The number of aromatic nitrogens is 3. The number of carbonyl (C=O) groups is 1. The molecule has 27 heavy (non-hydrogen) atoms. The topological polar surface area (TPSA) is 112 Å². The van der Waals surface area contributed by atoms with Crippen molar-refractivity contribution in [3.8, 4) is 17.1 Å². The number of rotatable bonds is 7. The van der Waals surface area contributed by atoms with Gasteiger partial charge in [-0.2, -0.15) is 0 Å². The number of amides is 1. The van der Waals surface area contributed by atoms with Crippen LogP contribution in [-0.2, 0) is 4.79 Å². The fourth-order valence-corrected chi connectivity index (χ4v) is 2.70. The summed E-state index contributed by atoms with van der Waals surface area (Å²) in [7, 11) is 3.35.